The molecule has 1 amide bonds. The van der Waals surface area contributed by atoms with Gasteiger partial charge in [0.15, 0.2) is 6.61 Å². The fourth-order valence-electron chi connectivity index (χ4n) is 3.33. The molecule has 9 heteroatoms. The monoisotopic (exact) mass is 496 g/mol. The lowest BCUT2D eigenvalue weighted by atomic mass is 10.2. The molecule has 0 aliphatic heterocycles. The first kappa shape index (κ1) is 25.8. The Morgan fingerprint density at radius 1 is 0.943 bits per heavy atom. The molecule has 0 aliphatic carbocycles. The highest BCUT2D eigenvalue weighted by Gasteiger charge is 2.24. The van der Waals surface area contributed by atoms with Gasteiger partial charge in [-0.25, -0.2) is 13.2 Å². The number of carbonyl (C=O) groups is 2. The van der Waals surface area contributed by atoms with E-state index in [0.717, 1.165) is 5.56 Å². The van der Waals surface area contributed by atoms with Crippen molar-refractivity contribution in [1.29, 1.82) is 0 Å². The summed E-state index contributed by atoms with van der Waals surface area (Å²) < 4.78 is 38.2. The molecule has 8 nitrogen and oxygen atoms in total. The minimum absolute atomic E-state index is 0.0331. The van der Waals surface area contributed by atoms with Crippen LogP contribution in [-0.2, 0) is 19.6 Å². The van der Waals surface area contributed by atoms with Crippen molar-refractivity contribution in [3.05, 3.63) is 90.0 Å². The van der Waals surface area contributed by atoms with Crippen LogP contribution >= 0.6 is 0 Å². The molecular weight excluding hydrogens is 468 g/mol. The Labute approximate surface area is 205 Å². The van der Waals surface area contributed by atoms with Crippen molar-refractivity contribution in [2.45, 2.75) is 18.7 Å². The summed E-state index contributed by atoms with van der Waals surface area (Å²) in [5.41, 5.74) is 1.62. The SMILES string of the molecule is CCN(c1ccccc1)S(=O)(=O)c1cccc(C(=O)OCC(=O)NCCOc2cccc(C)c2)c1. The molecule has 0 spiro atoms. The van der Waals surface area contributed by atoms with Gasteiger partial charge in [0.1, 0.15) is 12.4 Å². The van der Waals surface area contributed by atoms with Gasteiger partial charge in [0, 0.05) is 6.54 Å². The lowest BCUT2D eigenvalue weighted by molar-refractivity contribution is -0.124. The first-order chi connectivity index (χ1) is 16.8. The highest BCUT2D eigenvalue weighted by atomic mass is 32.2. The molecule has 0 fully saturated rings. The Morgan fingerprint density at radius 2 is 1.69 bits per heavy atom. The number of benzene rings is 3. The number of hydrogen-bond acceptors (Lipinski definition) is 6. The number of aryl methyl sites for hydroxylation is 1. The van der Waals surface area contributed by atoms with Crippen LogP contribution in [0.25, 0.3) is 0 Å². The lowest BCUT2D eigenvalue weighted by Crippen LogP contribution is -2.32. The van der Waals surface area contributed by atoms with Crippen LogP contribution in [0.3, 0.4) is 0 Å². The Kier molecular flexibility index (Phi) is 8.86. The van der Waals surface area contributed by atoms with Crippen LogP contribution in [0.15, 0.2) is 83.8 Å². The molecule has 0 radical (unpaired) electrons. The number of para-hydroxylation sites is 1. The van der Waals surface area contributed by atoms with Gasteiger partial charge < -0.3 is 14.8 Å². The minimum Gasteiger partial charge on any atom is -0.492 e. The van der Waals surface area contributed by atoms with Crippen LogP contribution in [0, 0.1) is 6.92 Å². The molecule has 0 saturated carbocycles. The van der Waals surface area contributed by atoms with Crippen LogP contribution in [0.1, 0.15) is 22.8 Å². The summed E-state index contributed by atoms with van der Waals surface area (Å²) in [5.74, 6) is -0.582. The number of anilines is 1. The summed E-state index contributed by atoms with van der Waals surface area (Å²) in [6.45, 7) is 3.91. The first-order valence-corrected chi connectivity index (χ1v) is 12.6. The third kappa shape index (κ3) is 7.07. The van der Waals surface area contributed by atoms with E-state index in [1.165, 1.54) is 28.6 Å². The average Bonchev–Trinajstić information content (AvgIpc) is 2.86. The normalized spacial score (nSPS) is 10.9. The van der Waals surface area contributed by atoms with E-state index in [1.54, 1.807) is 37.3 Å². The number of esters is 1. The van der Waals surface area contributed by atoms with Crippen LogP contribution in [0.5, 0.6) is 5.75 Å². The van der Waals surface area contributed by atoms with Gasteiger partial charge in [-0.1, -0.05) is 36.4 Å². The van der Waals surface area contributed by atoms with Gasteiger partial charge in [0.25, 0.3) is 15.9 Å². The number of carbonyl (C=O) groups excluding carboxylic acids is 2. The first-order valence-electron chi connectivity index (χ1n) is 11.1. The zero-order valence-corrected chi connectivity index (χ0v) is 20.5. The maximum Gasteiger partial charge on any atom is 0.338 e. The summed E-state index contributed by atoms with van der Waals surface area (Å²) >= 11 is 0. The summed E-state index contributed by atoms with van der Waals surface area (Å²) in [7, 11) is -3.90. The summed E-state index contributed by atoms with van der Waals surface area (Å²) in [4.78, 5) is 24.4. The molecule has 3 rings (SSSR count). The molecule has 3 aromatic rings. The molecule has 0 aliphatic rings. The molecule has 3 aromatic carbocycles. The topological polar surface area (TPSA) is 102 Å². The van der Waals surface area contributed by atoms with Gasteiger partial charge in [-0.3, -0.25) is 9.10 Å². The highest BCUT2D eigenvalue weighted by molar-refractivity contribution is 7.92. The number of nitrogens with one attached hydrogen (secondary N) is 1. The van der Waals surface area contributed by atoms with Crippen molar-refractivity contribution in [2.24, 2.45) is 0 Å². The minimum atomic E-state index is -3.90. The number of ether oxygens (including phenoxy) is 2. The average molecular weight is 497 g/mol. The summed E-state index contributed by atoms with van der Waals surface area (Å²) in [6.07, 6.45) is 0. The zero-order chi connectivity index (χ0) is 25.3. The smallest absolute Gasteiger partial charge is 0.338 e. The molecule has 0 heterocycles. The van der Waals surface area contributed by atoms with Gasteiger partial charge in [0.05, 0.1) is 22.7 Å². The molecule has 0 aromatic heterocycles. The fraction of sp³-hybridized carbons (Fsp3) is 0.231. The van der Waals surface area contributed by atoms with Crippen molar-refractivity contribution >= 4 is 27.6 Å². The van der Waals surface area contributed by atoms with E-state index in [-0.39, 0.29) is 30.2 Å². The van der Waals surface area contributed by atoms with E-state index in [9.17, 15) is 18.0 Å². The Hall–Kier alpha value is -3.85. The Balaban J connectivity index is 1.54. The van der Waals surface area contributed by atoms with Crippen molar-refractivity contribution in [3.63, 3.8) is 0 Å². The second-order valence-electron chi connectivity index (χ2n) is 7.62. The second-order valence-corrected chi connectivity index (χ2v) is 9.49. The Bertz CT molecular complexity index is 1260. The van der Waals surface area contributed by atoms with E-state index >= 15 is 0 Å². The van der Waals surface area contributed by atoms with Crippen molar-refractivity contribution in [3.8, 4) is 5.75 Å². The molecule has 0 bridgehead atoms. The maximum atomic E-state index is 13.2. The van der Waals surface area contributed by atoms with E-state index in [4.69, 9.17) is 9.47 Å². The second kappa shape index (κ2) is 12.0. The van der Waals surface area contributed by atoms with Crippen molar-refractivity contribution < 1.29 is 27.5 Å². The third-order valence-corrected chi connectivity index (χ3v) is 6.90. The number of hydrogen-bond donors (Lipinski definition) is 1. The predicted molar refractivity (Wildman–Crippen MR) is 133 cm³/mol. The quantitative estimate of drug-likeness (QED) is 0.322. The van der Waals surface area contributed by atoms with Crippen LogP contribution < -0.4 is 14.4 Å². The van der Waals surface area contributed by atoms with E-state index in [2.05, 4.69) is 5.32 Å². The standard InChI is InChI=1S/C26H28N2O6S/c1-3-28(22-11-5-4-6-12-22)35(31,32)24-14-8-10-21(18-24)26(30)34-19-25(29)27-15-16-33-23-13-7-9-20(2)17-23/h4-14,17-18H,3,15-16,19H2,1-2H3,(H,27,29). The highest BCUT2D eigenvalue weighted by Crippen LogP contribution is 2.24. The number of rotatable bonds is 11. The molecule has 0 saturated heterocycles. The van der Waals surface area contributed by atoms with E-state index < -0.39 is 28.5 Å². The lowest BCUT2D eigenvalue weighted by Gasteiger charge is -2.23. The van der Waals surface area contributed by atoms with Crippen LogP contribution in [0.4, 0.5) is 5.69 Å². The molecule has 184 valence electrons. The number of nitrogens with zero attached hydrogens (tertiary/aromatic N) is 1. The van der Waals surface area contributed by atoms with Crippen LogP contribution in [0.2, 0.25) is 0 Å². The van der Waals surface area contributed by atoms with Crippen molar-refractivity contribution in [1.82, 2.24) is 5.32 Å². The molecule has 0 unspecified atom stereocenters. The van der Waals surface area contributed by atoms with Gasteiger partial charge in [-0.15, -0.1) is 0 Å². The van der Waals surface area contributed by atoms with E-state index in [1.807, 2.05) is 31.2 Å². The number of amides is 1. The molecule has 1 N–H and O–H groups in total. The van der Waals surface area contributed by atoms with E-state index in [0.29, 0.717) is 11.4 Å². The summed E-state index contributed by atoms with van der Waals surface area (Å²) in [5, 5.41) is 2.61. The Morgan fingerprint density at radius 3 is 2.40 bits per heavy atom. The number of sulfonamides is 1. The van der Waals surface area contributed by atoms with Crippen molar-refractivity contribution in [2.75, 3.05) is 30.6 Å². The van der Waals surface area contributed by atoms with Gasteiger partial charge >= 0.3 is 5.97 Å². The van der Waals surface area contributed by atoms with Gasteiger partial charge in [-0.05, 0) is 61.9 Å². The maximum absolute atomic E-state index is 13.2. The summed E-state index contributed by atoms with van der Waals surface area (Å²) in [6, 6.07) is 21.8. The zero-order valence-electron chi connectivity index (χ0n) is 19.6. The largest absolute Gasteiger partial charge is 0.492 e. The predicted octanol–water partition coefficient (Wildman–Crippen LogP) is 3.56. The van der Waals surface area contributed by atoms with Gasteiger partial charge in [0.2, 0.25) is 0 Å². The third-order valence-electron chi connectivity index (χ3n) is 5.01. The molecular formula is C26H28N2O6S. The van der Waals surface area contributed by atoms with Crippen LogP contribution in [-0.4, -0.2) is 46.6 Å². The van der Waals surface area contributed by atoms with Gasteiger partial charge in [-0.2, -0.15) is 0 Å². The molecule has 35 heavy (non-hydrogen) atoms. The molecule has 0 atom stereocenters. The fourth-order valence-corrected chi connectivity index (χ4v) is 4.85.